The van der Waals surface area contributed by atoms with Gasteiger partial charge in [0.15, 0.2) is 0 Å². The molecule has 0 heterocycles. The zero-order valence-corrected chi connectivity index (χ0v) is 4.58. The van der Waals surface area contributed by atoms with Crippen molar-refractivity contribution in [1.82, 2.24) is 0 Å². The third-order valence-corrected chi connectivity index (χ3v) is 0.600. The van der Waals surface area contributed by atoms with Crippen LogP contribution in [0.15, 0.2) is 0 Å². The standard InChI is InChI=1S/C2HBrF3O/c3-2(6,7)1(4)5/h1H. The second-order valence-corrected chi connectivity index (χ2v) is 1.94. The van der Waals surface area contributed by atoms with Crippen LogP contribution in [0.3, 0.4) is 0 Å². The zero-order valence-electron chi connectivity index (χ0n) is 3.00. The van der Waals surface area contributed by atoms with Crippen molar-refractivity contribution < 1.29 is 18.3 Å². The lowest BCUT2D eigenvalue weighted by atomic mass is 10.7. The number of halogens is 4. The van der Waals surface area contributed by atoms with Gasteiger partial charge < -0.3 is 0 Å². The molecule has 0 aromatic carbocycles. The van der Waals surface area contributed by atoms with Crippen LogP contribution in [0.2, 0.25) is 0 Å². The Morgan fingerprint density at radius 1 is 1.57 bits per heavy atom. The second kappa shape index (κ2) is 2.00. The van der Waals surface area contributed by atoms with Gasteiger partial charge in [-0.05, 0) is 15.9 Å². The highest BCUT2D eigenvalue weighted by Crippen LogP contribution is 2.24. The summed E-state index contributed by atoms with van der Waals surface area (Å²) in [5.74, 6) is 0. The van der Waals surface area contributed by atoms with Crippen LogP contribution in [0.1, 0.15) is 0 Å². The smallest absolute Gasteiger partial charge is 0.203 e. The predicted molar refractivity (Wildman–Crippen MR) is 19.5 cm³/mol. The van der Waals surface area contributed by atoms with Crippen molar-refractivity contribution in [2.75, 3.05) is 0 Å². The van der Waals surface area contributed by atoms with E-state index in [0.29, 0.717) is 0 Å². The highest BCUT2D eigenvalue weighted by atomic mass is 79.9. The molecule has 43 valence electrons. The summed E-state index contributed by atoms with van der Waals surface area (Å²) in [5.41, 5.74) is 0. The minimum absolute atomic E-state index is 1.57. The van der Waals surface area contributed by atoms with Gasteiger partial charge in [0, 0.05) is 0 Å². The molecule has 0 fully saturated rings. The SMILES string of the molecule is [O]C(F)(Br)C(F)F. The predicted octanol–water partition coefficient (Wildman–Crippen LogP) is 1.70. The van der Waals surface area contributed by atoms with Crippen molar-refractivity contribution in [2.24, 2.45) is 0 Å². The van der Waals surface area contributed by atoms with Gasteiger partial charge in [-0.3, -0.25) is 0 Å². The van der Waals surface area contributed by atoms with Crippen molar-refractivity contribution in [2.45, 2.75) is 11.2 Å². The first-order valence-corrected chi connectivity index (χ1v) is 2.10. The van der Waals surface area contributed by atoms with Gasteiger partial charge in [0.05, 0.1) is 0 Å². The van der Waals surface area contributed by atoms with Crippen molar-refractivity contribution in [3.05, 3.63) is 0 Å². The molecule has 0 aliphatic heterocycles. The lowest BCUT2D eigenvalue weighted by molar-refractivity contribution is -0.148. The molecule has 0 aromatic rings. The van der Waals surface area contributed by atoms with Crippen LogP contribution in [0, 0.1) is 0 Å². The van der Waals surface area contributed by atoms with E-state index in [2.05, 4.69) is 0 Å². The molecule has 0 saturated carbocycles. The summed E-state index contributed by atoms with van der Waals surface area (Å²) in [6.07, 6.45) is -3.51. The molecule has 0 aliphatic carbocycles. The minimum atomic E-state index is -3.77. The fourth-order valence-electron chi connectivity index (χ4n) is 0. The van der Waals surface area contributed by atoms with Gasteiger partial charge in [0.2, 0.25) is 0 Å². The molecule has 0 aliphatic rings. The molecule has 5 heteroatoms. The van der Waals surface area contributed by atoms with Crippen LogP contribution in [-0.2, 0) is 5.11 Å². The zero-order chi connectivity index (χ0) is 6.08. The van der Waals surface area contributed by atoms with Crippen molar-refractivity contribution in [1.29, 1.82) is 0 Å². The number of alkyl halides is 4. The molecule has 0 aromatic heterocycles. The van der Waals surface area contributed by atoms with Gasteiger partial charge in [-0.15, -0.1) is 0 Å². The maximum absolute atomic E-state index is 11.1. The first-order chi connectivity index (χ1) is 2.94. The molecule has 1 unspecified atom stereocenters. The average molecular weight is 178 g/mol. The number of hydrogen-bond acceptors (Lipinski definition) is 0. The molecule has 1 radical (unpaired) electrons. The molecule has 0 rings (SSSR count). The first-order valence-electron chi connectivity index (χ1n) is 1.31. The second-order valence-electron chi connectivity index (χ2n) is 0.862. The molecule has 1 nitrogen and oxygen atoms in total. The maximum atomic E-state index is 11.1. The van der Waals surface area contributed by atoms with Gasteiger partial charge in [-0.2, -0.15) is 9.50 Å². The molecular formula is C2HBrF3O. The fraction of sp³-hybridized carbons (Fsp3) is 1.00. The summed E-state index contributed by atoms with van der Waals surface area (Å²) in [7, 11) is 0. The summed E-state index contributed by atoms with van der Waals surface area (Å²) < 4.78 is 29.0. The Morgan fingerprint density at radius 2 is 1.71 bits per heavy atom. The quantitative estimate of drug-likeness (QED) is 0.544. The molecule has 1 atom stereocenters. The summed E-state index contributed by atoms with van der Waals surface area (Å²) in [6, 6.07) is 0. The van der Waals surface area contributed by atoms with Crippen LogP contribution in [0.25, 0.3) is 0 Å². The van der Waals surface area contributed by atoms with Gasteiger partial charge in [0.1, 0.15) is 0 Å². The monoisotopic (exact) mass is 177 g/mol. The minimum Gasteiger partial charge on any atom is -0.203 e. The van der Waals surface area contributed by atoms with Crippen molar-refractivity contribution >= 4 is 15.9 Å². The maximum Gasteiger partial charge on any atom is 0.353 e. The van der Waals surface area contributed by atoms with Gasteiger partial charge in [-0.1, -0.05) is 0 Å². The number of rotatable bonds is 1. The van der Waals surface area contributed by atoms with Crippen LogP contribution in [0.5, 0.6) is 0 Å². The molecule has 7 heavy (non-hydrogen) atoms. The van der Waals surface area contributed by atoms with Crippen LogP contribution >= 0.6 is 15.9 Å². The molecule has 0 bridgehead atoms. The lowest BCUT2D eigenvalue weighted by Gasteiger charge is -2.03. The summed E-state index contributed by atoms with van der Waals surface area (Å²) in [6.45, 7) is 0. The Kier molecular flexibility index (Phi) is 2.07. The first kappa shape index (κ1) is 7.23. The molecule has 0 amide bonds. The normalized spacial score (nSPS) is 19.7. The average Bonchev–Trinajstić information content (AvgIpc) is 1.31. The third kappa shape index (κ3) is 2.87. The van der Waals surface area contributed by atoms with E-state index in [0.717, 1.165) is 0 Å². The Bertz CT molecular complexity index is 58.4. The van der Waals surface area contributed by atoms with Crippen LogP contribution in [-0.4, -0.2) is 11.2 Å². The van der Waals surface area contributed by atoms with E-state index in [1.54, 1.807) is 15.9 Å². The van der Waals surface area contributed by atoms with Crippen molar-refractivity contribution in [3.63, 3.8) is 0 Å². The Hall–Kier alpha value is 0.230. The van der Waals surface area contributed by atoms with E-state index in [1.807, 2.05) is 0 Å². The van der Waals surface area contributed by atoms with Crippen LogP contribution < -0.4 is 0 Å². The van der Waals surface area contributed by atoms with Gasteiger partial charge in [-0.25, -0.2) is 8.78 Å². The summed E-state index contributed by atoms with van der Waals surface area (Å²) >= 11 is 1.57. The van der Waals surface area contributed by atoms with Gasteiger partial charge >= 0.3 is 11.2 Å². The fourth-order valence-corrected chi connectivity index (χ4v) is 0. The third-order valence-electron chi connectivity index (χ3n) is 0.254. The Labute approximate surface area is 46.3 Å². The topological polar surface area (TPSA) is 19.9 Å². The Morgan fingerprint density at radius 3 is 1.71 bits per heavy atom. The van der Waals surface area contributed by atoms with E-state index in [9.17, 15) is 18.3 Å². The molecule has 0 N–H and O–H groups in total. The molecular weight excluding hydrogens is 177 g/mol. The number of hydrogen-bond donors (Lipinski definition) is 0. The van der Waals surface area contributed by atoms with Crippen molar-refractivity contribution in [3.8, 4) is 0 Å². The largest absolute Gasteiger partial charge is 0.353 e. The summed E-state index contributed by atoms with van der Waals surface area (Å²) in [4.78, 5) is 0. The van der Waals surface area contributed by atoms with E-state index >= 15 is 0 Å². The Balaban J connectivity index is 3.54. The van der Waals surface area contributed by atoms with E-state index in [-0.39, 0.29) is 0 Å². The van der Waals surface area contributed by atoms with E-state index < -0.39 is 11.2 Å². The van der Waals surface area contributed by atoms with Gasteiger partial charge in [0.25, 0.3) is 0 Å². The van der Waals surface area contributed by atoms with E-state index in [4.69, 9.17) is 0 Å². The summed E-state index contributed by atoms with van der Waals surface area (Å²) in [5, 5.41) is 9.30. The lowest BCUT2D eigenvalue weighted by Crippen LogP contribution is -2.20. The highest BCUT2D eigenvalue weighted by Gasteiger charge is 2.36. The molecule has 0 spiro atoms. The van der Waals surface area contributed by atoms with Crippen LogP contribution in [0.4, 0.5) is 13.2 Å². The van der Waals surface area contributed by atoms with E-state index in [1.165, 1.54) is 0 Å². The molecule has 0 saturated heterocycles. The highest BCUT2D eigenvalue weighted by molar-refractivity contribution is 9.10.